The van der Waals surface area contributed by atoms with E-state index in [4.69, 9.17) is 11.6 Å². The molecule has 1 aliphatic heterocycles. The first-order chi connectivity index (χ1) is 7.81. The lowest BCUT2D eigenvalue weighted by Crippen LogP contribution is -2.02. The van der Waals surface area contributed by atoms with Crippen LogP contribution in [-0.2, 0) is 0 Å². The van der Waals surface area contributed by atoms with E-state index in [9.17, 15) is 0 Å². The molecule has 1 N–H and O–H groups in total. The number of aryl methyl sites for hydroxylation is 1. The van der Waals surface area contributed by atoms with Gasteiger partial charge in [-0.3, -0.25) is 0 Å². The molecule has 2 aromatic carbocycles. The summed E-state index contributed by atoms with van der Waals surface area (Å²) in [6, 6.07) is 10.8. The zero-order valence-electron chi connectivity index (χ0n) is 9.26. The number of anilines is 1. The van der Waals surface area contributed by atoms with Gasteiger partial charge >= 0.3 is 0 Å². The molecule has 0 aromatic heterocycles. The molecule has 1 unspecified atom stereocenters. The minimum atomic E-state index is 0.446. The first kappa shape index (κ1) is 9.98. The molecule has 0 amide bonds. The monoisotopic (exact) mass is 231 g/mol. The molecule has 16 heavy (non-hydrogen) atoms. The molecule has 0 fully saturated rings. The van der Waals surface area contributed by atoms with Crippen molar-refractivity contribution in [1.82, 2.24) is 0 Å². The zero-order chi connectivity index (χ0) is 11.1. The van der Waals surface area contributed by atoms with Gasteiger partial charge in [-0.1, -0.05) is 24.3 Å². The second kappa shape index (κ2) is 3.67. The van der Waals surface area contributed by atoms with Crippen molar-refractivity contribution in [2.24, 2.45) is 0 Å². The largest absolute Gasteiger partial charge is 0.384 e. The summed E-state index contributed by atoms with van der Waals surface area (Å²) < 4.78 is 0. The number of nitrogens with one attached hydrogen (secondary N) is 1. The summed E-state index contributed by atoms with van der Waals surface area (Å²) in [5.74, 6) is 1.13. The molecule has 2 aromatic rings. The van der Waals surface area contributed by atoms with Crippen molar-refractivity contribution >= 4 is 28.1 Å². The van der Waals surface area contributed by atoms with E-state index in [1.54, 1.807) is 0 Å². The molecule has 3 rings (SSSR count). The smallest absolute Gasteiger partial charge is 0.0386 e. The van der Waals surface area contributed by atoms with E-state index in [1.807, 2.05) is 0 Å². The summed E-state index contributed by atoms with van der Waals surface area (Å²) >= 11 is 6.04. The summed E-state index contributed by atoms with van der Waals surface area (Å²) in [6.07, 6.45) is 0. The van der Waals surface area contributed by atoms with Crippen LogP contribution in [0.2, 0.25) is 0 Å². The number of halogens is 1. The number of alkyl halides is 1. The summed E-state index contributed by atoms with van der Waals surface area (Å²) in [6.45, 7) is 3.13. The van der Waals surface area contributed by atoms with Gasteiger partial charge in [-0.05, 0) is 34.9 Å². The van der Waals surface area contributed by atoms with Crippen molar-refractivity contribution in [3.63, 3.8) is 0 Å². The van der Waals surface area contributed by atoms with Gasteiger partial charge in [-0.2, -0.15) is 0 Å². The Morgan fingerprint density at radius 1 is 1.31 bits per heavy atom. The maximum Gasteiger partial charge on any atom is 0.0386 e. The molecule has 1 atom stereocenters. The third-order valence-corrected chi connectivity index (χ3v) is 3.80. The van der Waals surface area contributed by atoms with Crippen molar-refractivity contribution in [1.29, 1.82) is 0 Å². The lowest BCUT2D eigenvalue weighted by Gasteiger charge is -2.11. The minimum absolute atomic E-state index is 0.446. The van der Waals surface area contributed by atoms with Crippen LogP contribution in [0.15, 0.2) is 30.3 Å². The van der Waals surface area contributed by atoms with Crippen LogP contribution in [0.5, 0.6) is 0 Å². The molecule has 0 bridgehead atoms. The summed E-state index contributed by atoms with van der Waals surface area (Å²) in [7, 11) is 0. The van der Waals surface area contributed by atoms with E-state index >= 15 is 0 Å². The van der Waals surface area contributed by atoms with Gasteiger partial charge in [0.2, 0.25) is 0 Å². The van der Waals surface area contributed by atoms with Gasteiger partial charge in [0.05, 0.1) is 0 Å². The van der Waals surface area contributed by atoms with Gasteiger partial charge in [-0.15, -0.1) is 11.6 Å². The number of benzene rings is 2. The molecule has 0 aliphatic carbocycles. The lowest BCUT2D eigenvalue weighted by atomic mass is 9.93. The van der Waals surface area contributed by atoms with Crippen molar-refractivity contribution in [2.45, 2.75) is 12.8 Å². The summed E-state index contributed by atoms with van der Waals surface area (Å²) in [5, 5.41) is 6.15. The molecule has 0 radical (unpaired) electrons. The Bertz CT molecular complexity index is 548. The van der Waals surface area contributed by atoms with Gasteiger partial charge in [0.1, 0.15) is 0 Å². The van der Waals surface area contributed by atoms with E-state index in [0.717, 1.165) is 6.54 Å². The lowest BCUT2D eigenvalue weighted by molar-refractivity contribution is 0.869. The second-order valence-electron chi connectivity index (χ2n) is 4.43. The highest BCUT2D eigenvalue weighted by molar-refractivity contribution is 6.18. The third kappa shape index (κ3) is 1.31. The quantitative estimate of drug-likeness (QED) is 0.735. The van der Waals surface area contributed by atoms with Gasteiger partial charge in [0.15, 0.2) is 0 Å². The average Bonchev–Trinajstić information content (AvgIpc) is 2.72. The van der Waals surface area contributed by atoms with E-state index in [1.165, 1.54) is 27.6 Å². The van der Waals surface area contributed by atoms with Crippen molar-refractivity contribution in [3.05, 3.63) is 41.5 Å². The number of rotatable bonds is 1. The Balaban J connectivity index is 2.37. The summed E-state index contributed by atoms with van der Waals surface area (Å²) in [5.41, 5.74) is 4.00. The van der Waals surface area contributed by atoms with Crippen molar-refractivity contribution < 1.29 is 0 Å². The molecule has 1 heterocycles. The van der Waals surface area contributed by atoms with E-state index in [2.05, 4.69) is 42.6 Å². The SMILES string of the molecule is Cc1cc2c(c3ccccc13)C(CCl)CN2. The highest BCUT2D eigenvalue weighted by Crippen LogP contribution is 2.39. The van der Waals surface area contributed by atoms with Crippen LogP contribution in [0.25, 0.3) is 10.8 Å². The standard InChI is InChI=1S/C14H14ClN/c1-9-6-13-14(10(7-15)8-16-13)12-5-3-2-4-11(9)12/h2-6,10,16H,7-8H2,1H3. The molecular weight excluding hydrogens is 218 g/mol. The van der Waals surface area contributed by atoms with Crippen LogP contribution in [-0.4, -0.2) is 12.4 Å². The Kier molecular flexibility index (Phi) is 2.29. The second-order valence-corrected chi connectivity index (χ2v) is 4.74. The maximum absolute atomic E-state index is 6.04. The van der Waals surface area contributed by atoms with Gasteiger partial charge in [-0.25, -0.2) is 0 Å². The molecule has 82 valence electrons. The Morgan fingerprint density at radius 2 is 2.06 bits per heavy atom. The molecular formula is C14H14ClN. The van der Waals surface area contributed by atoms with Gasteiger partial charge < -0.3 is 5.32 Å². The van der Waals surface area contributed by atoms with Crippen molar-refractivity contribution in [3.8, 4) is 0 Å². The summed E-state index contributed by atoms with van der Waals surface area (Å²) in [4.78, 5) is 0. The Morgan fingerprint density at radius 3 is 2.81 bits per heavy atom. The predicted molar refractivity (Wildman–Crippen MR) is 70.6 cm³/mol. The van der Waals surface area contributed by atoms with Crippen LogP contribution in [0.4, 0.5) is 5.69 Å². The number of fused-ring (bicyclic) bond motifs is 3. The Hall–Kier alpha value is -1.21. The molecule has 1 nitrogen and oxygen atoms in total. The van der Waals surface area contributed by atoms with Crippen LogP contribution in [0.3, 0.4) is 0 Å². The van der Waals surface area contributed by atoms with Crippen LogP contribution < -0.4 is 5.32 Å². The number of hydrogen-bond donors (Lipinski definition) is 1. The fraction of sp³-hybridized carbons (Fsp3) is 0.286. The zero-order valence-corrected chi connectivity index (χ0v) is 10.0. The van der Waals surface area contributed by atoms with Crippen LogP contribution in [0, 0.1) is 6.92 Å². The molecule has 2 heteroatoms. The first-order valence-electron chi connectivity index (χ1n) is 5.63. The Labute approximate surface area is 100 Å². The van der Waals surface area contributed by atoms with Gasteiger partial charge in [0, 0.05) is 24.0 Å². The fourth-order valence-electron chi connectivity index (χ4n) is 2.63. The van der Waals surface area contributed by atoms with Crippen LogP contribution >= 0.6 is 11.6 Å². The highest BCUT2D eigenvalue weighted by atomic mass is 35.5. The highest BCUT2D eigenvalue weighted by Gasteiger charge is 2.24. The minimum Gasteiger partial charge on any atom is -0.384 e. The molecule has 0 spiro atoms. The van der Waals surface area contributed by atoms with Gasteiger partial charge in [0.25, 0.3) is 0 Å². The van der Waals surface area contributed by atoms with Crippen LogP contribution in [0.1, 0.15) is 17.0 Å². The average molecular weight is 232 g/mol. The molecule has 0 saturated heterocycles. The first-order valence-corrected chi connectivity index (χ1v) is 6.17. The molecule has 0 saturated carbocycles. The van der Waals surface area contributed by atoms with E-state index in [-0.39, 0.29) is 0 Å². The fourth-order valence-corrected chi connectivity index (χ4v) is 2.90. The molecule has 1 aliphatic rings. The van der Waals surface area contributed by atoms with E-state index in [0.29, 0.717) is 11.8 Å². The third-order valence-electron chi connectivity index (χ3n) is 3.43. The van der Waals surface area contributed by atoms with E-state index < -0.39 is 0 Å². The number of hydrogen-bond acceptors (Lipinski definition) is 1. The predicted octanol–water partition coefficient (Wildman–Crippen LogP) is 3.90. The van der Waals surface area contributed by atoms with Crippen molar-refractivity contribution in [2.75, 3.05) is 17.7 Å². The topological polar surface area (TPSA) is 12.0 Å². The maximum atomic E-state index is 6.04. The normalized spacial score (nSPS) is 18.5.